The predicted octanol–water partition coefficient (Wildman–Crippen LogP) is 20.9. The van der Waals surface area contributed by atoms with Crippen LogP contribution in [0.15, 0.2) is 97.2 Å². The van der Waals surface area contributed by atoms with Gasteiger partial charge in [-0.05, 0) is 77.0 Å². The zero-order chi connectivity index (χ0) is 51.3. The molecule has 0 aliphatic heterocycles. The van der Waals surface area contributed by atoms with E-state index in [9.17, 15) is 15.0 Å². The Bertz CT molecular complexity index is 1300. The molecule has 0 saturated carbocycles. The Balaban J connectivity index is 3.54. The number of aliphatic hydroxyl groups excluding tert-OH is 2. The van der Waals surface area contributed by atoms with Gasteiger partial charge < -0.3 is 15.5 Å². The largest absolute Gasteiger partial charge is 0.394 e. The number of hydrogen-bond acceptors (Lipinski definition) is 3. The minimum atomic E-state index is -0.687. The third-order valence-electron chi connectivity index (χ3n) is 13.9. The molecule has 410 valence electrons. The Kier molecular flexibility index (Phi) is 59.3. The molecule has 2 unspecified atom stereocenters. The van der Waals surface area contributed by atoms with Crippen molar-refractivity contribution in [1.82, 2.24) is 5.32 Å². The van der Waals surface area contributed by atoms with Crippen LogP contribution in [0.1, 0.15) is 303 Å². The highest BCUT2D eigenvalue weighted by molar-refractivity contribution is 5.76. The predicted molar refractivity (Wildman–Crippen MR) is 317 cm³/mol. The fraction of sp³-hybridized carbons (Fsp3) is 0.746. The summed E-state index contributed by atoms with van der Waals surface area (Å²) in [5.41, 5.74) is 0. The minimum absolute atomic E-state index is 0.0737. The van der Waals surface area contributed by atoms with Crippen LogP contribution in [0.4, 0.5) is 0 Å². The number of unbranched alkanes of at least 4 members (excludes halogenated alkanes) is 33. The molecule has 0 aliphatic carbocycles. The van der Waals surface area contributed by atoms with Crippen LogP contribution in [-0.2, 0) is 4.79 Å². The van der Waals surface area contributed by atoms with Gasteiger partial charge in [0.1, 0.15) is 0 Å². The molecule has 2 atom stereocenters. The number of carbonyl (C=O) groups is 1. The summed E-state index contributed by atoms with van der Waals surface area (Å²) in [6.07, 6.45) is 91.4. The van der Waals surface area contributed by atoms with Crippen molar-refractivity contribution in [2.45, 2.75) is 315 Å². The SMILES string of the molecule is CC/C=C\C/C=C\C/C=C\C/C=C\C/C=C\C/C=C\C/C=C\C/C=C\CCCCC(=O)NC(CO)C(O)CCCCCCCCCCCCCCCCCCCCCCCCCCCCCCCCCC. The van der Waals surface area contributed by atoms with Gasteiger partial charge in [0.15, 0.2) is 0 Å². The highest BCUT2D eigenvalue weighted by atomic mass is 16.3. The molecule has 4 nitrogen and oxygen atoms in total. The first kappa shape index (κ1) is 68.3. The number of hydrogen-bond donors (Lipinski definition) is 3. The smallest absolute Gasteiger partial charge is 0.220 e. The van der Waals surface area contributed by atoms with E-state index in [1.807, 2.05) is 0 Å². The first-order valence-corrected chi connectivity index (χ1v) is 30.9. The molecule has 0 saturated heterocycles. The topological polar surface area (TPSA) is 69.6 Å². The number of rotatable bonds is 56. The van der Waals surface area contributed by atoms with Crippen LogP contribution in [0.25, 0.3) is 0 Å². The van der Waals surface area contributed by atoms with E-state index < -0.39 is 12.1 Å². The lowest BCUT2D eigenvalue weighted by Crippen LogP contribution is -2.45. The van der Waals surface area contributed by atoms with Gasteiger partial charge in [-0.1, -0.05) is 317 Å². The monoisotopic (exact) mass is 986 g/mol. The van der Waals surface area contributed by atoms with Crippen molar-refractivity contribution >= 4 is 5.91 Å². The maximum atomic E-state index is 12.5. The maximum absolute atomic E-state index is 12.5. The Morgan fingerprint density at radius 3 is 0.901 bits per heavy atom. The second-order valence-electron chi connectivity index (χ2n) is 20.7. The maximum Gasteiger partial charge on any atom is 0.220 e. The molecule has 1 amide bonds. The molecule has 0 fully saturated rings. The van der Waals surface area contributed by atoms with Crippen molar-refractivity contribution in [1.29, 1.82) is 0 Å². The van der Waals surface area contributed by atoms with Gasteiger partial charge in [0.25, 0.3) is 0 Å². The highest BCUT2D eigenvalue weighted by Crippen LogP contribution is 2.18. The molecule has 0 heterocycles. The summed E-state index contributed by atoms with van der Waals surface area (Å²) in [5, 5.41) is 23.4. The van der Waals surface area contributed by atoms with E-state index in [0.29, 0.717) is 12.8 Å². The lowest BCUT2D eigenvalue weighted by molar-refractivity contribution is -0.123. The van der Waals surface area contributed by atoms with E-state index in [1.165, 1.54) is 193 Å². The number of amides is 1. The van der Waals surface area contributed by atoms with Crippen LogP contribution >= 0.6 is 0 Å². The molecule has 0 aromatic heterocycles. The summed E-state index contributed by atoms with van der Waals surface area (Å²) in [6.45, 7) is 4.25. The molecule has 71 heavy (non-hydrogen) atoms. The Morgan fingerprint density at radius 1 is 0.352 bits per heavy atom. The van der Waals surface area contributed by atoms with Gasteiger partial charge in [0.2, 0.25) is 5.91 Å². The zero-order valence-electron chi connectivity index (χ0n) is 47.2. The van der Waals surface area contributed by atoms with Crippen LogP contribution in [0.2, 0.25) is 0 Å². The molecule has 3 N–H and O–H groups in total. The van der Waals surface area contributed by atoms with Gasteiger partial charge in [-0.3, -0.25) is 4.79 Å². The van der Waals surface area contributed by atoms with Gasteiger partial charge in [-0.15, -0.1) is 0 Å². The summed E-state index contributed by atoms with van der Waals surface area (Å²) in [6, 6.07) is -0.569. The molecule has 0 radical (unpaired) electrons. The first-order chi connectivity index (χ1) is 35.2. The fourth-order valence-corrected chi connectivity index (χ4v) is 9.20. The van der Waals surface area contributed by atoms with E-state index >= 15 is 0 Å². The second-order valence-corrected chi connectivity index (χ2v) is 20.7. The van der Waals surface area contributed by atoms with Crippen LogP contribution in [0.3, 0.4) is 0 Å². The Morgan fingerprint density at radius 2 is 0.620 bits per heavy atom. The highest BCUT2D eigenvalue weighted by Gasteiger charge is 2.20. The van der Waals surface area contributed by atoms with Crippen LogP contribution in [-0.4, -0.2) is 34.9 Å². The number of nitrogens with one attached hydrogen (secondary N) is 1. The van der Waals surface area contributed by atoms with Crippen molar-refractivity contribution in [3.63, 3.8) is 0 Å². The standard InChI is InChI=1S/C67H119NO3/c1-3-5-7-9-11-13-15-17-19-21-23-25-27-29-31-32-33-34-35-37-38-40-42-44-46-48-50-52-54-56-58-60-62-66(70)65(64-69)68-67(71)63-61-59-57-55-53-51-49-47-45-43-41-39-36-30-28-26-24-22-20-18-16-14-12-10-8-6-4-2/h6,8,12,14,18,20,24,26,30,36,41,43,47,49,53,55,65-66,69-70H,3-5,7,9-11,13,15-17,19,21-23,25,27-29,31-35,37-40,42,44-46,48,50-52,54,56-64H2,1-2H3,(H,68,71)/b8-6-,14-12-,20-18-,26-24-,36-30-,43-41-,49-47-,55-53-. The van der Waals surface area contributed by atoms with Crippen molar-refractivity contribution in [2.75, 3.05) is 6.61 Å². The molecule has 0 rings (SSSR count). The summed E-state index contributed by atoms with van der Waals surface area (Å²) in [7, 11) is 0. The lowest BCUT2D eigenvalue weighted by atomic mass is 10.0. The van der Waals surface area contributed by atoms with Crippen LogP contribution in [0.5, 0.6) is 0 Å². The normalized spacial score (nSPS) is 13.5. The van der Waals surface area contributed by atoms with Gasteiger partial charge >= 0.3 is 0 Å². The van der Waals surface area contributed by atoms with Gasteiger partial charge in [-0.25, -0.2) is 0 Å². The van der Waals surface area contributed by atoms with Crippen LogP contribution in [0, 0.1) is 0 Å². The van der Waals surface area contributed by atoms with Crippen molar-refractivity contribution in [3.05, 3.63) is 97.2 Å². The third-order valence-corrected chi connectivity index (χ3v) is 13.9. The Hall–Kier alpha value is -2.69. The molecule has 0 bridgehead atoms. The molecular formula is C67H119NO3. The molecule has 0 aromatic rings. The second kappa shape index (κ2) is 61.6. The van der Waals surface area contributed by atoms with E-state index in [1.54, 1.807) is 0 Å². The number of allylic oxidation sites excluding steroid dienone is 16. The summed E-state index contributed by atoms with van der Waals surface area (Å²) in [4.78, 5) is 12.5. The molecular weight excluding hydrogens is 867 g/mol. The average molecular weight is 987 g/mol. The number of aliphatic hydroxyl groups is 2. The number of carbonyl (C=O) groups excluding carboxylic acids is 1. The van der Waals surface area contributed by atoms with E-state index in [-0.39, 0.29) is 12.5 Å². The van der Waals surface area contributed by atoms with Gasteiger partial charge in [-0.2, -0.15) is 0 Å². The fourth-order valence-electron chi connectivity index (χ4n) is 9.20. The zero-order valence-corrected chi connectivity index (χ0v) is 47.2. The summed E-state index contributed by atoms with van der Waals surface area (Å²) >= 11 is 0. The van der Waals surface area contributed by atoms with E-state index in [4.69, 9.17) is 0 Å². The molecule has 4 heteroatoms. The van der Waals surface area contributed by atoms with Crippen LogP contribution < -0.4 is 5.32 Å². The van der Waals surface area contributed by atoms with Crippen molar-refractivity contribution < 1.29 is 15.0 Å². The summed E-state index contributed by atoms with van der Waals surface area (Å²) < 4.78 is 0. The first-order valence-electron chi connectivity index (χ1n) is 30.9. The average Bonchev–Trinajstić information content (AvgIpc) is 3.37. The third kappa shape index (κ3) is 58.1. The van der Waals surface area contributed by atoms with Gasteiger partial charge in [0, 0.05) is 6.42 Å². The molecule has 0 spiro atoms. The van der Waals surface area contributed by atoms with E-state index in [0.717, 1.165) is 83.5 Å². The quantitative estimate of drug-likeness (QED) is 0.0420. The lowest BCUT2D eigenvalue weighted by Gasteiger charge is -2.22. The van der Waals surface area contributed by atoms with Crippen molar-refractivity contribution in [3.8, 4) is 0 Å². The minimum Gasteiger partial charge on any atom is -0.394 e. The summed E-state index contributed by atoms with van der Waals surface area (Å²) in [5.74, 6) is -0.0737. The van der Waals surface area contributed by atoms with Gasteiger partial charge in [0.05, 0.1) is 18.8 Å². The molecule has 0 aromatic carbocycles. The van der Waals surface area contributed by atoms with Crippen molar-refractivity contribution in [2.24, 2.45) is 0 Å². The Labute approximate surface area is 443 Å². The molecule has 0 aliphatic rings. The van der Waals surface area contributed by atoms with E-state index in [2.05, 4.69) is 116 Å².